The number of carbonyl (C=O) groups excluding carboxylic acids is 1. The molecule has 4 aromatic rings. The van der Waals surface area contributed by atoms with Crippen molar-refractivity contribution >= 4 is 11.4 Å². The van der Waals surface area contributed by atoms with Crippen LogP contribution < -0.4 is 0 Å². The van der Waals surface area contributed by atoms with Crippen molar-refractivity contribution in [1.29, 1.82) is 0 Å². The molecule has 152 valence electrons. The van der Waals surface area contributed by atoms with Crippen LogP contribution in [0.5, 0.6) is 5.88 Å². The van der Waals surface area contributed by atoms with E-state index in [0.29, 0.717) is 0 Å². The van der Waals surface area contributed by atoms with Crippen LogP contribution in [-0.4, -0.2) is 35.2 Å². The zero-order valence-corrected chi connectivity index (χ0v) is 15.8. The van der Waals surface area contributed by atoms with Crippen molar-refractivity contribution in [1.82, 2.24) is 24.3 Å². The molecule has 0 saturated carbocycles. The van der Waals surface area contributed by atoms with Gasteiger partial charge in [-0.1, -0.05) is 0 Å². The molecule has 7 nitrogen and oxygen atoms in total. The topological polar surface area (TPSA) is 93.3 Å². The van der Waals surface area contributed by atoms with Crippen LogP contribution in [0.1, 0.15) is 34.4 Å². The first-order chi connectivity index (χ1) is 14.2. The Morgan fingerprint density at radius 2 is 1.93 bits per heavy atom. The van der Waals surface area contributed by atoms with Gasteiger partial charge >= 0.3 is 0 Å². The number of aromatic hydroxyl groups is 1. The van der Waals surface area contributed by atoms with Gasteiger partial charge in [-0.05, 0) is 30.7 Å². The lowest BCUT2D eigenvalue weighted by molar-refractivity contribution is 0.101. The van der Waals surface area contributed by atoms with E-state index in [9.17, 15) is 23.1 Å². The summed E-state index contributed by atoms with van der Waals surface area (Å²) in [6.07, 6.45) is 2.61. The molecule has 10 heteroatoms. The summed E-state index contributed by atoms with van der Waals surface area (Å²) in [5.74, 6) is -3.46. The number of aryl methyl sites for hydroxylation is 1. The number of benzene rings is 1. The molecule has 3 aromatic heterocycles. The quantitative estimate of drug-likeness (QED) is 0.516. The van der Waals surface area contributed by atoms with E-state index in [0.717, 1.165) is 18.2 Å². The fourth-order valence-corrected chi connectivity index (χ4v) is 3.06. The number of rotatable bonds is 4. The minimum Gasteiger partial charge on any atom is -0.491 e. The first-order valence-electron chi connectivity index (χ1n) is 8.80. The minimum atomic E-state index is -0.964. The van der Waals surface area contributed by atoms with Gasteiger partial charge in [-0.15, -0.1) is 0 Å². The van der Waals surface area contributed by atoms with E-state index in [4.69, 9.17) is 0 Å². The molecule has 30 heavy (non-hydrogen) atoms. The first kappa shape index (κ1) is 19.5. The summed E-state index contributed by atoms with van der Waals surface area (Å²) < 4.78 is 42.9. The molecule has 0 amide bonds. The highest BCUT2D eigenvalue weighted by Crippen LogP contribution is 2.24. The number of ketones is 1. The number of imidazole rings is 1. The van der Waals surface area contributed by atoms with Crippen LogP contribution in [0.4, 0.5) is 13.2 Å². The normalized spacial score (nSPS) is 11.2. The van der Waals surface area contributed by atoms with Crippen LogP contribution >= 0.6 is 0 Å². The third-order valence-electron chi connectivity index (χ3n) is 4.52. The summed E-state index contributed by atoms with van der Waals surface area (Å²) in [7, 11) is 0. The molecule has 0 saturated heterocycles. The van der Waals surface area contributed by atoms with E-state index >= 15 is 0 Å². The third-order valence-corrected chi connectivity index (χ3v) is 4.52. The van der Waals surface area contributed by atoms with Gasteiger partial charge in [-0.3, -0.25) is 9.20 Å². The van der Waals surface area contributed by atoms with Crippen molar-refractivity contribution in [2.24, 2.45) is 0 Å². The molecule has 0 atom stereocenters. The Morgan fingerprint density at radius 3 is 2.63 bits per heavy atom. The molecular weight excluding hydrogens is 399 g/mol. The van der Waals surface area contributed by atoms with Gasteiger partial charge in [-0.25, -0.2) is 23.7 Å². The Kier molecular flexibility index (Phi) is 4.69. The van der Waals surface area contributed by atoms with Gasteiger partial charge in [0.1, 0.15) is 23.0 Å². The molecular formula is C20H14F3N5O2. The van der Waals surface area contributed by atoms with Crippen LogP contribution in [0.25, 0.3) is 17.2 Å². The van der Waals surface area contributed by atoms with E-state index in [1.165, 1.54) is 30.6 Å². The number of hydrogen-bond acceptors (Lipinski definition) is 6. The predicted molar refractivity (Wildman–Crippen MR) is 99.5 cm³/mol. The van der Waals surface area contributed by atoms with Crippen molar-refractivity contribution < 1.29 is 23.1 Å². The van der Waals surface area contributed by atoms with Gasteiger partial charge in [0.2, 0.25) is 5.82 Å². The summed E-state index contributed by atoms with van der Waals surface area (Å²) in [6.45, 7) is 2.69. The zero-order valence-electron chi connectivity index (χ0n) is 15.8. The zero-order chi connectivity index (χ0) is 21.6. The summed E-state index contributed by atoms with van der Waals surface area (Å²) in [5, 5.41) is 9.71. The minimum absolute atomic E-state index is 0.0352. The Morgan fingerprint density at radius 1 is 1.17 bits per heavy atom. The molecule has 0 radical (unpaired) electrons. The van der Waals surface area contributed by atoms with Gasteiger partial charge in [0, 0.05) is 19.5 Å². The molecule has 0 aliphatic carbocycles. The second kappa shape index (κ2) is 7.21. The Balaban J connectivity index is 1.95. The van der Waals surface area contributed by atoms with E-state index in [1.807, 2.05) is 0 Å². The van der Waals surface area contributed by atoms with E-state index in [1.54, 1.807) is 0 Å². The standard InChI is InChI=1S/C20H14F3N5O2/c1-9-17(23)20(30)27-18(25-9)15-8-28-16(10(2)29)7-24-19(28)14(26-15)6-11-5-12(21)3-4-13(11)22/h3-5,7-8H,6H2,1-2H3,(H,25,27,30). The number of Topliss-reactive ketones (excluding diaryl/α,β-unsaturated/α-hetero) is 1. The van der Waals surface area contributed by atoms with Gasteiger partial charge in [0.25, 0.3) is 5.88 Å². The third kappa shape index (κ3) is 3.36. The highest BCUT2D eigenvalue weighted by molar-refractivity contribution is 5.93. The molecule has 0 spiro atoms. The highest BCUT2D eigenvalue weighted by atomic mass is 19.1. The predicted octanol–water partition coefficient (Wildman–Crippen LogP) is 3.41. The lowest BCUT2D eigenvalue weighted by atomic mass is 10.1. The van der Waals surface area contributed by atoms with E-state index in [2.05, 4.69) is 19.9 Å². The summed E-state index contributed by atoms with van der Waals surface area (Å²) in [5.41, 5.74) is 0.721. The largest absolute Gasteiger partial charge is 0.491 e. The van der Waals surface area contributed by atoms with Crippen LogP contribution in [0, 0.1) is 24.4 Å². The molecule has 0 aliphatic heterocycles. The highest BCUT2D eigenvalue weighted by Gasteiger charge is 2.19. The molecule has 4 rings (SSSR count). The first-order valence-corrected chi connectivity index (χ1v) is 8.80. The lowest BCUT2D eigenvalue weighted by Crippen LogP contribution is -2.07. The maximum absolute atomic E-state index is 14.2. The molecule has 0 fully saturated rings. The fraction of sp³-hybridized carbons (Fsp3) is 0.150. The second-order valence-electron chi connectivity index (χ2n) is 6.65. The van der Waals surface area contributed by atoms with Crippen molar-refractivity contribution in [3.63, 3.8) is 0 Å². The molecule has 0 bridgehead atoms. The van der Waals surface area contributed by atoms with Crippen molar-refractivity contribution in [3.8, 4) is 17.4 Å². The SMILES string of the molecule is CC(=O)c1cnc2c(Cc3cc(F)ccc3F)nc(-c3nc(C)c(F)c(O)n3)cn12. The Labute approximate surface area is 167 Å². The maximum Gasteiger partial charge on any atom is 0.251 e. The van der Waals surface area contributed by atoms with Gasteiger partial charge in [-0.2, -0.15) is 9.37 Å². The second-order valence-corrected chi connectivity index (χ2v) is 6.65. The smallest absolute Gasteiger partial charge is 0.251 e. The number of halogens is 3. The summed E-state index contributed by atoms with van der Waals surface area (Å²) >= 11 is 0. The van der Waals surface area contributed by atoms with Crippen LogP contribution in [-0.2, 0) is 6.42 Å². The van der Waals surface area contributed by atoms with Gasteiger partial charge in [0.15, 0.2) is 17.3 Å². The summed E-state index contributed by atoms with van der Waals surface area (Å²) in [4.78, 5) is 28.2. The number of carbonyl (C=O) groups is 1. The van der Waals surface area contributed by atoms with E-state index in [-0.39, 0.29) is 52.0 Å². The monoisotopic (exact) mass is 413 g/mol. The molecule has 3 heterocycles. The van der Waals surface area contributed by atoms with Crippen LogP contribution in [0.15, 0.2) is 30.6 Å². The lowest BCUT2D eigenvalue weighted by Gasteiger charge is -2.10. The van der Waals surface area contributed by atoms with Crippen molar-refractivity contribution in [3.05, 3.63) is 70.7 Å². The van der Waals surface area contributed by atoms with Crippen molar-refractivity contribution in [2.45, 2.75) is 20.3 Å². The molecule has 1 aromatic carbocycles. The fourth-order valence-electron chi connectivity index (χ4n) is 3.06. The number of fused-ring (bicyclic) bond motifs is 1. The van der Waals surface area contributed by atoms with Gasteiger partial charge in [0.05, 0.1) is 17.6 Å². The average Bonchev–Trinajstić information content (AvgIpc) is 3.13. The van der Waals surface area contributed by atoms with Crippen molar-refractivity contribution in [2.75, 3.05) is 0 Å². The number of nitrogens with zero attached hydrogens (tertiary/aromatic N) is 5. The number of hydrogen-bond donors (Lipinski definition) is 1. The average molecular weight is 413 g/mol. The molecule has 1 N–H and O–H groups in total. The molecule has 0 aliphatic rings. The Bertz CT molecular complexity index is 1300. The summed E-state index contributed by atoms with van der Waals surface area (Å²) in [6, 6.07) is 3.04. The van der Waals surface area contributed by atoms with Crippen LogP contribution in [0.3, 0.4) is 0 Å². The maximum atomic E-state index is 14.2. The van der Waals surface area contributed by atoms with Gasteiger partial charge < -0.3 is 5.11 Å². The van der Waals surface area contributed by atoms with E-state index < -0.39 is 23.3 Å². The number of aromatic nitrogens is 5. The Hall–Kier alpha value is -3.82. The van der Waals surface area contributed by atoms with Crippen LogP contribution in [0.2, 0.25) is 0 Å². The molecule has 0 unspecified atom stereocenters.